The Kier molecular flexibility index (Phi) is 1.67. The third-order valence-electron chi connectivity index (χ3n) is 2.54. The van der Waals surface area contributed by atoms with Crippen molar-refractivity contribution in [2.75, 3.05) is 0 Å². The molecule has 3 rings (SSSR count). The van der Waals surface area contributed by atoms with E-state index in [1.165, 1.54) is 0 Å². The molecule has 0 saturated heterocycles. The first-order valence-electron chi connectivity index (χ1n) is 4.58. The van der Waals surface area contributed by atoms with E-state index in [9.17, 15) is 4.79 Å². The molecule has 3 heteroatoms. The number of hydrogen-bond acceptors (Lipinski definition) is 2. The second-order valence-corrected chi connectivity index (χ2v) is 3.77. The zero-order chi connectivity index (χ0) is 10.4. The van der Waals surface area contributed by atoms with Crippen molar-refractivity contribution in [2.24, 2.45) is 4.99 Å². The van der Waals surface area contributed by atoms with E-state index in [-0.39, 0.29) is 11.0 Å². The predicted molar refractivity (Wildman–Crippen MR) is 61.2 cm³/mol. The minimum Gasteiger partial charge on any atom is -0.286 e. The maximum atomic E-state index is 11.7. The summed E-state index contributed by atoms with van der Waals surface area (Å²) >= 11 is 5.73. The van der Waals surface area contributed by atoms with Gasteiger partial charge in [0.25, 0.3) is 0 Å². The van der Waals surface area contributed by atoms with Gasteiger partial charge in [-0.15, -0.1) is 0 Å². The Balaban J connectivity index is 2.45. The van der Waals surface area contributed by atoms with Crippen LogP contribution in [0.4, 0.5) is 5.69 Å². The maximum absolute atomic E-state index is 11.7. The van der Waals surface area contributed by atoms with Crippen molar-refractivity contribution in [3.05, 3.63) is 42.0 Å². The van der Waals surface area contributed by atoms with Crippen molar-refractivity contribution < 1.29 is 4.79 Å². The first-order valence-corrected chi connectivity index (χ1v) is 4.96. The number of rotatable bonds is 0. The maximum Gasteiger partial charge on any atom is 0.225 e. The van der Waals surface area contributed by atoms with E-state index in [2.05, 4.69) is 4.99 Å². The highest BCUT2D eigenvalue weighted by atomic mass is 35.5. The number of carbonyl (C=O) groups is 1. The molecule has 1 aliphatic rings. The molecule has 0 aromatic heterocycles. The fourth-order valence-corrected chi connectivity index (χ4v) is 2.04. The monoisotopic (exact) mass is 215 g/mol. The number of ketones is 1. The van der Waals surface area contributed by atoms with Crippen LogP contribution in [0.25, 0.3) is 10.8 Å². The van der Waals surface area contributed by atoms with Gasteiger partial charge >= 0.3 is 0 Å². The summed E-state index contributed by atoms with van der Waals surface area (Å²) in [7, 11) is 0. The fraction of sp³-hybridized carbons (Fsp3) is 0. The minimum atomic E-state index is -0.177. The molecule has 15 heavy (non-hydrogen) atoms. The summed E-state index contributed by atoms with van der Waals surface area (Å²) in [6.45, 7) is 0. The number of carbonyl (C=O) groups excluding carboxylic acids is 1. The van der Waals surface area contributed by atoms with Crippen LogP contribution in [0, 0.1) is 0 Å². The molecule has 72 valence electrons. The summed E-state index contributed by atoms with van der Waals surface area (Å²) in [6.07, 6.45) is 0. The van der Waals surface area contributed by atoms with Crippen molar-refractivity contribution >= 4 is 39.0 Å². The summed E-state index contributed by atoms with van der Waals surface area (Å²) < 4.78 is 0. The quantitative estimate of drug-likeness (QED) is 0.663. The highest BCUT2D eigenvalue weighted by Gasteiger charge is 2.24. The lowest BCUT2D eigenvalue weighted by molar-refractivity contribution is 0.107. The van der Waals surface area contributed by atoms with Crippen molar-refractivity contribution in [3.8, 4) is 0 Å². The van der Waals surface area contributed by atoms with Crippen LogP contribution in [0.1, 0.15) is 10.4 Å². The van der Waals surface area contributed by atoms with Gasteiger partial charge in [-0.1, -0.05) is 41.9 Å². The molecular formula is C12H6ClNO. The van der Waals surface area contributed by atoms with Gasteiger partial charge < -0.3 is 0 Å². The van der Waals surface area contributed by atoms with Crippen LogP contribution in [0.2, 0.25) is 0 Å². The second-order valence-electron chi connectivity index (χ2n) is 3.41. The van der Waals surface area contributed by atoms with Gasteiger partial charge in [-0.3, -0.25) is 4.79 Å². The van der Waals surface area contributed by atoms with Crippen LogP contribution < -0.4 is 0 Å². The Labute approximate surface area is 91.2 Å². The van der Waals surface area contributed by atoms with Gasteiger partial charge in [-0.05, 0) is 16.8 Å². The Hall–Kier alpha value is -1.67. The van der Waals surface area contributed by atoms with E-state index >= 15 is 0 Å². The molecule has 1 aliphatic heterocycles. The first kappa shape index (κ1) is 8.62. The zero-order valence-corrected chi connectivity index (χ0v) is 8.45. The largest absolute Gasteiger partial charge is 0.286 e. The molecule has 0 unspecified atom stereocenters. The van der Waals surface area contributed by atoms with Crippen molar-refractivity contribution in [2.45, 2.75) is 0 Å². The molecular weight excluding hydrogens is 210 g/mol. The number of fused-ring (bicyclic) bond motifs is 3. The van der Waals surface area contributed by atoms with Crippen LogP contribution in [0.5, 0.6) is 0 Å². The van der Waals surface area contributed by atoms with Gasteiger partial charge in [0.1, 0.15) is 0 Å². The molecule has 0 radical (unpaired) electrons. The molecule has 0 spiro atoms. The van der Waals surface area contributed by atoms with Crippen molar-refractivity contribution in [1.29, 1.82) is 0 Å². The van der Waals surface area contributed by atoms with Crippen LogP contribution in [-0.4, -0.2) is 11.0 Å². The standard InChI is InChI=1S/C12H6ClNO/c13-12-11(15)10-8-4-2-1-3-7(8)5-6-9(10)14-12/h1-6H. The first-order chi connectivity index (χ1) is 7.27. The summed E-state index contributed by atoms with van der Waals surface area (Å²) in [5.74, 6) is -0.177. The molecule has 0 N–H and O–H groups in total. The van der Waals surface area contributed by atoms with Crippen LogP contribution in [-0.2, 0) is 0 Å². The third-order valence-corrected chi connectivity index (χ3v) is 2.80. The van der Waals surface area contributed by atoms with Gasteiger partial charge in [-0.2, -0.15) is 0 Å². The smallest absolute Gasteiger partial charge is 0.225 e. The fourth-order valence-electron chi connectivity index (χ4n) is 1.85. The highest BCUT2D eigenvalue weighted by Crippen LogP contribution is 2.33. The molecule has 2 aromatic carbocycles. The lowest BCUT2D eigenvalue weighted by Gasteiger charge is -2.01. The Bertz CT molecular complexity index is 616. The van der Waals surface area contributed by atoms with E-state index in [1.54, 1.807) is 0 Å². The van der Waals surface area contributed by atoms with Crippen LogP contribution in [0.3, 0.4) is 0 Å². The van der Waals surface area contributed by atoms with Gasteiger partial charge in [0.2, 0.25) is 5.78 Å². The molecule has 0 atom stereocenters. The summed E-state index contributed by atoms with van der Waals surface area (Å²) in [5, 5.41) is 2.01. The van der Waals surface area contributed by atoms with E-state index in [0.29, 0.717) is 11.3 Å². The minimum absolute atomic E-state index is 0.0568. The zero-order valence-electron chi connectivity index (χ0n) is 7.70. The average Bonchev–Trinajstić information content (AvgIpc) is 2.55. The summed E-state index contributed by atoms with van der Waals surface area (Å²) in [5.41, 5.74) is 1.29. The molecule has 2 aromatic rings. The topological polar surface area (TPSA) is 29.4 Å². The van der Waals surface area contributed by atoms with E-state index < -0.39 is 0 Å². The molecule has 0 saturated carbocycles. The Morgan fingerprint density at radius 2 is 1.87 bits per heavy atom. The van der Waals surface area contributed by atoms with Crippen LogP contribution in [0.15, 0.2) is 41.4 Å². The number of hydrogen-bond donors (Lipinski definition) is 0. The number of halogens is 1. The van der Waals surface area contributed by atoms with E-state index in [1.807, 2.05) is 36.4 Å². The summed E-state index contributed by atoms with van der Waals surface area (Å²) in [4.78, 5) is 15.8. The predicted octanol–water partition coefficient (Wildman–Crippen LogP) is 3.30. The molecule has 0 aliphatic carbocycles. The molecule has 0 amide bonds. The molecule has 0 bridgehead atoms. The number of benzene rings is 2. The molecule has 1 heterocycles. The van der Waals surface area contributed by atoms with Gasteiger partial charge in [-0.25, -0.2) is 4.99 Å². The second kappa shape index (κ2) is 2.91. The number of aliphatic imine (C=N–C) groups is 1. The van der Waals surface area contributed by atoms with Gasteiger partial charge in [0, 0.05) is 0 Å². The van der Waals surface area contributed by atoms with Crippen LogP contribution >= 0.6 is 11.6 Å². The van der Waals surface area contributed by atoms with Crippen molar-refractivity contribution in [1.82, 2.24) is 0 Å². The average molecular weight is 216 g/mol. The van der Waals surface area contributed by atoms with E-state index in [4.69, 9.17) is 11.6 Å². The summed E-state index contributed by atoms with van der Waals surface area (Å²) in [6, 6.07) is 11.5. The lowest BCUT2D eigenvalue weighted by atomic mass is 10.0. The van der Waals surface area contributed by atoms with E-state index in [0.717, 1.165) is 10.8 Å². The highest BCUT2D eigenvalue weighted by molar-refractivity contribution is 6.86. The Morgan fingerprint density at radius 3 is 2.73 bits per heavy atom. The lowest BCUT2D eigenvalue weighted by Crippen LogP contribution is -2.02. The number of Topliss-reactive ketones (excluding diaryl/α,β-unsaturated/α-hetero) is 1. The van der Waals surface area contributed by atoms with Gasteiger partial charge in [0.15, 0.2) is 5.17 Å². The molecule has 0 fully saturated rings. The third kappa shape index (κ3) is 1.12. The van der Waals surface area contributed by atoms with Crippen molar-refractivity contribution in [3.63, 3.8) is 0 Å². The normalized spacial score (nSPS) is 14.2. The Morgan fingerprint density at radius 1 is 1.07 bits per heavy atom. The molecule has 2 nitrogen and oxygen atoms in total. The SMILES string of the molecule is O=C1C(Cl)=Nc2ccc3ccccc3c21. The number of nitrogens with zero attached hydrogens (tertiary/aromatic N) is 1. The van der Waals surface area contributed by atoms with Gasteiger partial charge in [0.05, 0.1) is 11.3 Å².